The summed E-state index contributed by atoms with van der Waals surface area (Å²) in [6.07, 6.45) is 1.89. The van der Waals surface area contributed by atoms with Crippen molar-refractivity contribution in [3.63, 3.8) is 0 Å². The third-order valence-electron chi connectivity index (χ3n) is 4.34. The van der Waals surface area contributed by atoms with Crippen molar-refractivity contribution in [2.75, 3.05) is 19.0 Å². The predicted molar refractivity (Wildman–Crippen MR) is 97.2 cm³/mol. The Balaban J connectivity index is 1.62. The molecule has 2 aromatic rings. The highest BCUT2D eigenvalue weighted by molar-refractivity contribution is 7.09. The average Bonchev–Trinajstić information content (AvgIpc) is 3.02. The number of aryl methyl sites for hydroxylation is 2. The summed E-state index contributed by atoms with van der Waals surface area (Å²) >= 11 is 1.64. The van der Waals surface area contributed by atoms with E-state index < -0.39 is 5.92 Å². The van der Waals surface area contributed by atoms with Crippen LogP contribution in [0.5, 0.6) is 5.75 Å². The Kier molecular flexibility index (Phi) is 5.33. The van der Waals surface area contributed by atoms with Crippen LogP contribution in [-0.4, -0.2) is 30.5 Å². The zero-order valence-corrected chi connectivity index (χ0v) is 15.1. The Hall–Kier alpha value is -2.41. The van der Waals surface area contributed by atoms with Crippen LogP contribution in [0.15, 0.2) is 23.7 Å². The van der Waals surface area contributed by atoms with Gasteiger partial charge >= 0.3 is 0 Å². The van der Waals surface area contributed by atoms with Gasteiger partial charge in [0.1, 0.15) is 5.75 Å². The number of nitrogens with zero attached hydrogens (tertiary/aromatic N) is 1. The van der Waals surface area contributed by atoms with E-state index >= 15 is 0 Å². The number of aromatic nitrogens is 1. The molecule has 2 heterocycles. The first kappa shape index (κ1) is 17.4. The number of hydrogen-bond acceptors (Lipinski definition) is 5. The maximum absolute atomic E-state index is 12.6. The highest BCUT2D eigenvalue weighted by Gasteiger charge is 2.30. The second-order valence-electron chi connectivity index (χ2n) is 6.01. The van der Waals surface area contributed by atoms with Crippen molar-refractivity contribution in [3.8, 4) is 5.75 Å². The van der Waals surface area contributed by atoms with Crippen molar-refractivity contribution in [1.82, 2.24) is 10.3 Å². The average molecular weight is 359 g/mol. The molecule has 0 saturated heterocycles. The van der Waals surface area contributed by atoms with Crippen molar-refractivity contribution in [2.24, 2.45) is 0 Å². The minimum absolute atomic E-state index is 0.120. The SMILES string of the molecule is COc1ccc2c(c1)C(C(=O)NCCCc1scnc1C)CC(=O)N2. The molecule has 132 valence electrons. The smallest absolute Gasteiger partial charge is 0.228 e. The summed E-state index contributed by atoms with van der Waals surface area (Å²) in [5.74, 6) is -0.0687. The lowest BCUT2D eigenvalue weighted by Crippen LogP contribution is -2.35. The van der Waals surface area contributed by atoms with E-state index in [0.29, 0.717) is 18.0 Å². The van der Waals surface area contributed by atoms with Crippen molar-refractivity contribution in [3.05, 3.63) is 39.8 Å². The van der Waals surface area contributed by atoms with Crippen LogP contribution in [-0.2, 0) is 16.0 Å². The zero-order chi connectivity index (χ0) is 17.8. The van der Waals surface area contributed by atoms with Crippen LogP contribution in [0.3, 0.4) is 0 Å². The highest BCUT2D eigenvalue weighted by atomic mass is 32.1. The summed E-state index contributed by atoms with van der Waals surface area (Å²) in [5, 5.41) is 5.77. The van der Waals surface area contributed by atoms with E-state index in [2.05, 4.69) is 15.6 Å². The molecule has 2 amide bonds. The lowest BCUT2D eigenvalue weighted by molar-refractivity contribution is -0.126. The lowest BCUT2D eigenvalue weighted by atomic mass is 9.89. The van der Waals surface area contributed by atoms with Gasteiger partial charge in [-0.25, -0.2) is 4.98 Å². The van der Waals surface area contributed by atoms with Crippen molar-refractivity contribution in [1.29, 1.82) is 0 Å². The van der Waals surface area contributed by atoms with Gasteiger partial charge in [-0.15, -0.1) is 11.3 Å². The molecule has 1 aliphatic rings. The fraction of sp³-hybridized carbons (Fsp3) is 0.389. The van der Waals surface area contributed by atoms with E-state index in [1.807, 2.05) is 18.5 Å². The molecule has 0 radical (unpaired) electrons. The second kappa shape index (κ2) is 7.65. The fourth-order valence-electron chi connectivity index (χ4n) is 2.95. The summed E-state index contributed by atoms with van der Waals surface area (Å²) in [4.78, 5) is 30.0. The standard InChI is InChI=1S/C18H21N3O3S/c1-11-16(25-10-20-11)4-3-7-19-18(23)14-9-17(22)21-15-6-5-12(24-2)8-13(14)15/h5-6,8,10,14H,3-4,7,9H2,1-2H3,(H,19,23)(H,21,22). The number of rotatable bonds is 6. The molecule has 25 heavy (non-hydrogen) atoms. The number of hydrogen-bond donors (Lipinski definition) is 2. The fourth-order valence-corrected chi connectivity index (χ4v) is 3.77. The first-order valence-corrected chi connectivity index (χ1v) is 9.11. The molecule has 0 saturated carbocycles. The summed E-state index contributed by atoms with van der Waals surface area (Å²) in [6, 6.07) is 5.37. The second-order valence-corrected chi connectivity index (χ2v) is 6.95. The van der Waals surface area contributed by atoms with Crippen LogP contribution < -0.4 is 15.4 Å². The molecular weight excluding hydrogens is 338 g/mol. The number of ether oxygens (including phenoxy) is 1. The molecule has 1 aliphatic heterocycles. The van der Waals surface area contributed by atoms with Crippen LogP contribution in [0, 0.1) is 6.92 Å². The minimum atomic E-state index is -0.482. The van der Waals surface area contributed by atoms with Gasteiger partial charge < -0.3 is 15.4 Å². The third kappa shape index (κ3) is 3.99. The minimum Gasteiger partial charge on any atom is -0.497 e. The number of carbonyl (C=O) groups excluding carboxylic acids is 2. The quantitative estimate of drug-likeness (QED) is 0.777. The van der Waals surface area contributed by atoms with Crippen molar-refractivity contribution >= 4 is 28.8 Å². The molecule has 6 nitrogen and oxygen atoms in total. The van der Waals surface area contributed by atoms with Gasteiger partial charge in [-0.2, -0.15) is 0 Å². The van der Waals surface area contributed by atoms with Gasteiger partial charge in [0.15, 0.2) is 0 Å². The van der Waals surface area contributed by atoms with E-state index in [4.69, 9.17) is 4.74 Å². The van der Waals surface area contributed by atoms with Crippen LogP contribution in [0.4, 0.5) is 5.69 Å². The van der Waals surface area contributed by atoms with E-state index in [9.17, 15) is 9.59 Å². The van der Waals surface area contributed by atoms with Gasteiger partial charge in [0.25, 0.3) is 0 Å². The summed E-state index contributed by atoms with van der Waals surface area (Å²) in [7, 11) is 1.58. The van der Waals surface area contributed by atoms with Crippen molar-refractivity contribution < 1.29 is 14.3 Å². The van der Waals surface area contributed by atoms with E-state index in [1.54, 1.807) is 30.6 Å². The number of thiazole rings is 1. The van der Waals surface area contributed by atoms with Gasteiger partial charge in [-0.1, -0.05) is 0 Å². The molecule has 1 aromatic heterocycles. The number of benzene rings is 1. The Labute approximate surface area is 150 Å². The van der Waals surface area contributed by atoms with Gasteiger partial charge in [-0.05, 0) is 43.5 Å². The third-order valence-corrected chi connectivity index (χ3v) is 5.33. The van der Waals surface area contributed by atoms with Crippen LogP contribution in [0.25, 0.3) is 0 Å². The largest absolute Gasteiger partial charge is 0.497 e. The van der Waals surface area contributed by atoms with Gasteiger partial charge in [0, 0.05) is 23.5 Å². The normalized spacial score (nSPS) is 16.1. The highest BCUT2D eigenvalue weighted by Crippen LogP contribution is 2.35. The Bertz CT molecular complexity index is 788. The molecule has 7 heteroatoms. The molecule has 1 atom stereocenters. The number of anilines is 1. The maximum atomic E-state index is 12.6. The summed E-state index contributed by atoms with van der Waals surface area (Å²) in [6.45, 7) is 2.57. The topological polar surface area (TPSA) is 80.3 Å². The maximum Gasteiger partial charge on any atom is 0.228 e. The monoisotopic (exact) mass is 359 g/mol. The molecule has 2 N–H and O–H groups in total. The number of fused-ring (bicyclic) bond motifs is 1. The number of methoxy groups -OCH3 is 1. The Morgan fingerprint density at radius 2 is 2.32 bits per heavy atom. The molecule has 3 rings (SSSR count). The molecular formula is C18H21N3O3S. The Morgan fingerprint density at radius 3 is 3.04 bits per heavy atom. The van der Waals surface area contributed by atoms with E-state index in [0.717, 1.165) is 24.1 Å². The van der Waals surface area contributed by atoms with Crippen LogP contribution >= 0.6 is 11.3 Å². The molecule has 0 bridgehead atoms. The number of carbonyl (C=O) groups is 2. The van der Waals surface area contributed by atoms with Crippen LogP contribution in [0.1, 0.15) is 34.9 Å². The lowest BCUT2D eigenvalue weighted by Gasteiger charge is -2.25. The Morgan fingerprint density at radius 1 is 1.48 bits per heavy atom. The molecule has 0 aliphatic carbocycles. The van der Waals surface area contributed by atoms with Crippen molar-refractivity contribution in [2.45, 2.75) is 32.1 Å². The van der Waals surface area contributed by atoms with Gasteiger partial charge in [0.2, 0.25) is 11.8 Å². The summed E-state index contributed by atoms with van der Waals surface area (Å²) in [5.41, 5.74) is 4.38. The van der Waals surface area contributed by atoms with E-state index in [-0.39, 0.29) is 18.2 Å². The predicted octanol–water partition coefficient (Wildman–Crippen LogP) is 2.63. The van der Waals surface area contributed by atoms with E-state index in [1.165, 1.54) is 4.88 Å². The molecule has 0 fully saturated rings. The molecule has 1 unspecified atom stereocenters. The number of amides is 2. The van der Waals surface area contributed by atoms with Gasteiger partial charge in [0.05, 0.1) is 24.2 Å². The molecule has 1 aromatic carbocycles. The van der Waals surface area contributed by atoms with Crippen LogP contribution in [0.2, 0.25) is 0 Å². The zero-order valence-electron chi connectivity index (χ0n) is 14.3. The first-order valence-electron chi connectivity index (χ1n) is 8.23. The summed E-state index contributed by atoms with van der Waals surface area (Å²) < 4.78 is 5.24. The first-order chi connectivity index (χ1) is 12.1. The molecule has 0 spiro atoms. The number of nitrogens with one attached hydrogen (secondary N) is 2. The van der Waals surface area contributed by atoms with Gasteiger partial charge in [-0.3, -0.25) is 9.59 Å².